The van der Waals surface area contributed by atoms with Crippen LogP contribution in [0.15, 0.2) is 24.3 Å². The standard InChI is InChI=1S/C8H11NS.C2H6/c1-7-5-3-4-6-8(7)9-10-2;1-2/h3-6,9H,1-2H3;1-2H3. The van der Waals surface area contributed by atoms with Gasteiger partial charge >= 0.3 is 0 Å². The van der Waals surface area contributed by atoms with Crippen LogP contribution in [0.4, 0.5) is 5.69 Å². The first-order chi connectivity index (χ1) is 5.84. The van der Waals surface area contributed by atoms with Crippen LogP contribution in [0.3, 0.4) is 0 Å². The van der Waals surface area contributed by atoms with Crippen LogP contribution in [0.25, 0.3) is 0 Å². The van der Waals surface area contributed by atoms with Crippen molar-refractivity contribution in [3.63, 3.8) is 0 Å². The van der Waals surface area contributed by atoms with Crippen LogP contribution in [-0.4, -0.2) is 6.26 Å². The largest absolute Gasteiger partial charge is 0.330 e. The van der Waals surface area contributed by atoms with E-state index in [-0.39, 0.29) is 0 Å². The van der Waals surface area contributed by atoms with Crippen molar-refractivity contribution in [1.82, 2.24) is 0 Å². The first kappa shape index (κ1) is 11.4. The van der Waals surface area contributed by atoms with E-state index >= 15 is 0 Å². The van der Waals surface area contributed by atoms with Gasteiger partial charge in [0.2, 0.25) is 0 Å². The number of aryl methyl sites for hydroxylation is 1. The summed E-state index contributed by atoms with van der Waals surface area (Å²) in [6.07, 6.45) is 2.02. The fourth-order valence-electron chi connectivity index (χ4n) is 0.797. The summed E-state index contributed by atoms with van der Waals surface area (Å²) in [5, 5.41) is 0. The summed E-state index contributed by atoms with van der Waals surface area (Å²) < 4.78 is 3.19. The first-order valence-electron chi connectivity index (χ1n) is 4.19. The van der Waals surface area contributed by atoms with Crippen molar-refractivity contribution in [2.75, 3.05) is 11.0 Å². The number of anilines is 1. The van der Waals surface area contributed by atoms with E-state index in [2.05, 4.69) is 23.8 Å². The molecular formula is C10H17NS. The van der Waals surface area contributed by atoms with Crippen molar-refractivity contribution in [1.29, 1.82) is 0 Å². The summed E-state index contributed by atoms with van der Waals surface area (Å²) in [6.45, 7) is 6.10. The lowest BCUT2D eigenvalue weighted by atomic mass is 10.2. The second-order valence-corrected chi connectivity index (χ2v) is 2.73. The molecule has 0 bridgehead atoms. The van der Waals surface area contributed by atoms with E-state index in [0.29, 0.717) is 0 Å². The molecule has 0 aliphatic rings. The summed E-state index contributed by atoms with van der Waals surface area (Å²) in [6, 6.07) is 8.25. The minimum atomic E-state index is 1.20. The van der Waals surface area contributed by atoms with Gasteiger partial charge < -0.3 is 4.72 Å². The van der Waals surface area contributed by atoms with E-state index in [0.717, 1.165) is 0 Å². The van der Waals surface area contributed by atoms with Crippen LogP contribution in [0.5, 0.6) is 0 Å². The Bertz CT molecular complexity index is 211. The minimum Gasteiger partial charge on any atom is -0.330 e. The van der Waals surface area contributed by atoms with Gasteiger partial charge in [0.05, 0.1) is 0 Å². The van der Waals surface area contributed by atoms with Gasteiger partial charge in [-0.2, -0.15) is 0 Å². The predicted octanol–water partition coefficient (Wildman–Crippen LogP) is 3.71. The van der Waals surface area contributed by atoms with Crippen LogP contribution < -0.4 is 4.72 Å². The Hall–Kier alpha value is -0.630. The van der Waals surface area contributed by atoms with Gasteiger partial charge in [-0.15, -0.1) is 0 Å². The monoisotopic (exact) mass is 183 g/mol. The van der Waals surface area contributed by atoms with E-state index in [1.54, 1.807) is 11.9 Å². The molecule has 0 aliphatic carbocycles. The number of para-hydroxylation sites is 1. The highest BCUT2D eigenvalue weighted by atomic mass is 32.2. The van der Waals surface area contributed by atoms with Crippen LogP contribution in [0.1, 0.15) is 19.4 Å². The summed E-state index contributed by atoms with van der Waals surface area (Å²) in [7, 11) is 0. The smallest absolute Gasteiger partial charge is 0.0469 e. The molecule has 0 radical (unpaired) electrons. The molecule has 0 saturated heterocycles. The Morgan fingerprint density at radius 2 is 1.75 bits per heavy atom. The number of hydrogen-bond donors (Lipinski definition) is 1. The average Bonchev–Trinajstić information content (AvgIpc) is 2.13. The van der Waals surface area contributed by atoms with Crippen molar-refractivity contribution < 1.29 is 0 Å². The number of hydrogen-bond acceptors (Lipinski definition) is 2. The lowest BCUT2D eigenvalue weighted by molar-refractivity contribution is 1.47. The van der Waals surface area contributed by atoms with Crippen LogP contribution in [0.2, 0.25) is 0 Å². The molecule has 1 nitrogen and oxygen atoms in total. The molecule has 0 spiro atoms. The highest BCUT2D eigenvalue weighted by Crippen LogP contribution is 2.15. The second kappa shape index (κ2) is 7.04. The maximum absolute atomic E-state index is 3.19. The third-order valence-electron chi connectivity index (χ3n) is 1.36. The minimum absolute atomic E-state index is 1.20. The van der Waals surface area contributed by atoms with Gasteiger partial charge in [-0.25, -0.2) is 0 Å². The molecule has 1 aromatic rings. The molecule has 0 amide bonds. The molecule has 1 N–H and O–H groups in total. The molecule has 0 unspecified atom stereocenters. The third kappa shape index (κ3) is 3.67. The van der Waals surface area contributed by atoms with Crippen molar-refractivity contribution in [2.45, 2.75) is 20.8 Å². The molecule has 1 rings (SSSR count). The number of nitrogens with one attached hydrogen (secondary N) is 1. The maximum atomic E-state index is 3.19. The van der Waals surface area contributed by atoms with Crippen LogP contribution in [0, 0.1) is 6.92 Å². The van der Waals surface area contributed by atoms with Gasteiger partial charge in [0.15, 0.2) is 0 Å². The molecule has 0 heterocycles. The number of rotatable bonds is 2. The van der Waals surface area contributed by atoms with Gasteiger partial charge in [0, 0.05) is 11.9 Å². The molecule has 0 saturated carbocycles. The van der Waals surface area contributed by atoms with E-state index < -0.39 is 0 Å². The Morgan fingerprint density at radius 3 is 2.25 bits per heavy atom. The van der Waals surface area contributed by atoms with E-state index in [4.69, 9.17) is 0 Å². The Morgan fingerprint density at radius 1 is 1.17 bits per heavy atom. The lowest BCUT2D eigenvalue weighted by Gasteiger charge is -2.03. The van der Waals surface area contributed by atoms with Crippen molar-refractivity contribution in [3.05, 3.63) is 29.8 Å². The lowest BCUT2D eigenvalue weighted by Crippen LogP contribution is -1.86. The van der Waals surface area contributed by atoms with E-state index in [1.807, 2.05) is 32.2 Å². The van der Waals surface area contributed by atoms with Gasteiger partial charge in [-0.1, -0.05) is 44.0 Å². The fraction of sp³-hybridized carbons (Fsp3) is 0.400. The molecule has 1 aromatic carbocycles. The number of benzene rings is 1. The zero-order chi connectivity index (χ0) is 9.40. The molecule has 0 fully saturated rings. The van der Waals surface area contributed by atoms with E-state index in [1.165, 1.54) is 11.3 Å². The molecule has 0 atom stereocenters. The summed E-state index contributed by atoms with van der Waals surface area (Å²) in [5.41, 5.74) is 2.49. The van der Waals surface area contributed by atoms with Gasteiger partial charge in [0.1, 0.15) is 0 Å². The normalized spacial score (nSPS) is 8.33. The summed E-state index contributed by atoms with van der Waals surface area (Å²) in [5.74, 6) is 0. The molecular weight excluding hydrogens is 166 g/mol. The van der Waals surface area contributed by atoms with Crippen molar-refractivity contribution >= 4 is 17.6 Å². The van der Waals surface area contributed by atoms with Crippen molar-refractivity contribution in [2.24, 2.45) is 0 Å². The Kier molecular flexibility index (Phi) is 6.67. The van der Waals surface area contributed by atoms with Crippen LogP contribution >= 0.6 is 11.9 Å². The zero-order valence-electron chi connectivity index (χ0n) is 8.22. The molecule has 0 aliphatic heterocycles. The molecule has 2 heteroatoms. The highest BCUT2D eigenvalue weighted by Gasteiger charge is 1.91. The Labute approximate surface area is 79.7 Å². The van der Waals surface area contributed by atoms with Crippen LogP contribution in [-0.2, 0) is 0 Å². The quantitative estimate of drug-likeness (QED) is 0.701. The van der Waals surface area contributed by atoms with Gasteiger partial charge in [0.25, 0.3) is 0 Å². The highest BCUT2D eigenvalue weighted by molar-refractivity contribution is 7.99. The third-order valence-corrected chi connectivity index (χ3v) is 1.78. The molecule has 68 valence electrons. The van der Waals surface area contributed by atoms with Gasteiger partial charge in [-0.05, 0) is 18.6 Å². The fourth-order valence-corrected chi connectivity index (χ4v) is 1.25. The Balaban J connectivity index is 0.000000561. The topological polar surface area (TPSA) is 12.0 Å². The predicted molar refractivity (Wildman–Crippen MR) is 59.7 cm³/mol. The second-order valence-electron chi connectivity index (χ2n) is 2.12. The maximum Gasteiger partial charge on any atom is 0.0469 e. The average molecular weight is 183 g/mol. The van der Waals surface area contributed by atoms with Crippen molar-refractivity contribution in [3.8, 4) is 0 Å². The zero-order valence-corrected chi connectivity index (χ0v) is 9.03. The van der Waals surface area contributed by atoms with E-state index in [9.17, 15) is 0 Å². The molecule has 12 heavy (non-hydrogen) atoms. The van der Waals surface area contributed by atoms with Gasteiger partial charge in [-0.3, -0.25) is 0 Å². The SMILES string of the molecule is CC.CSNc1ccccc1C. The molecule has 0 aromatic heterocycles. The first-order valence-corrected chi connectivity index (χ1v) is 5.41. The summed E-state index contributed by atoms with van der Waals surface area (Å²) >= 11 is 1.62. The summed E-state index contributed by atoms with van der Waals surface area (Å²) in [4.78, 5) is 0.